The normalized spacial score (nSPS) is 23.3. The molecule has 3 N–H and O–H groups in total. The van der Waals surface area contributed by atoms with Gasteiger partial charge >= 0.3 is 0 Å². The lowest BCUT2D eigenvalue weighted by Gasteiger charge is -2.09. The zero-order valence-corrected chi connectivity index (χ0v) is 8.84. The van der Waals surface area contributed by atoms with Crippen LogP contribution in [0.15, 0.2) is 30.5 Å². The number of carbonyl (C=O) groups is 1. The molecular weight excluding hydrogens is 204 g/mol. The van der Waals surface area contributed by atoms with Gasteiger partial charge in [0.05, 0.1) is 18.2 Å². The minimum Gasteiger partial charge on any atom is -0.350 e. The van der Waals surface area contributed by atoms with E-state index in [0.717, 1.165) is 5.69 Å². The molecule has 16 heavy (non-hydrogen) atoms. The number of nitrogens with zero attached hydrogens (tertiary/aromatic N) is 2. The predicted octanol–water partition coefficient (Wildman–Crippen LogP) is -0.00380. The Labute approximate surface area is 93.7 Å². The molecule has 0 aromatic carbocycles. The van der Waals surface area contributed by atoms with Crippen LogP contribution in [0, 0.1) is 5.92 Å². The van der Waals surface area contributed by atoms with Crippen molar-refractivity contribution >= 4 is 5.91 Å². The highest BCUT2D eigenvalue weighted by atomic mass is 16.1. The van der Waals surface area contributed by atoms with Crippen molar-refractivity contribution in [1.82, 2.24) is 15.5 Å². The van der Waals surface area contributed by atoms with Crippen LogP contribution >= 0.6 is 0 Å². The fraction of sp³-hybridized carbons (Fsp3) is 0.364. The molecule has 2 rings (SSSR count). The van der Waals surface area contributed by atoms with E-state index in [2.05, 4.69) is 15.5 Å². The topological polar surface area (TPSA) is 80.9 Å². The number of rotatable bonds is 3. The number of hydrogen-bond acceptors (Lipinski definition) is 4. The summed E-state index contributed by atoms with van der Waals surface area (Å²) in [6, 6.07) is 3.62. The lowest BCUT2D eigenvalue weighted by Crippen LogP contribution is -2.30. The first kappa shape index (κ1) is 10.8. The lowest BCUT2D eigenvalue weighted by atomic mass is 10.1. The van der Waals surface area contributed by atoms with Crippen LogP contribution < -0.4 is 11.1 Å². The monoisotopic (exact) mass is 218 g/mol. The van der Waals surface area contributed by atoms with Crippen LogP contribution in [0.1, 0.15) is 12.1 Å². The summed E-state index contributed by atoms with van der Waals surface area (Å²) in [5.41, 5.74) is 6.43. The molecule has 1 aliphatic carbocycles. The van der Waals surface area contributed by atoms with E-state index in [1.807, 2.05) is 18.2 Å². The fourth-order valence-electron chi connectivity index (χ4n) is 1.66. The second kappa shape index (κ2) is 4.85. The van der Waals surface area contributed by atoms with Gasteiger partial charge in [-0.15, -0.1) is 0 Å². The van der Waals surface area contributed by atoms with E-state index < -0.39 is 0 Å². The van der Waals surface area contributed by atoms with Gasteiger partial charge in [-0.05, 0) is 18.6 Å². The summed E-state index contributed by atoms with van der Waals surface area (Å²) in [4.78, 5) is 11.7. The molecule has 1 heterocycles. The zero-order valence-electron chi connectivity index (χ0n) is 8.84. The minimum atomic E-state index is -0.105. The summed E-state index contributed by atoms with van der Waals surface area (Å²) >= 11 is 0. The summed E-state index contributed by atoms with van der Waals surface area (Å²) in [5.74, 6) is -0.110. The van der Waals surface area contributed by atoms with Crippen molar-refractivity contribution in [2.24, 2.45) is 11.7 Å². The molecule has 0 fully saturated rings. The number of aromatic nitrogens is 2. The van der Waals surface area contributed by atoms with E-state index in [1.54, 1.807) is 12.3 Å². The first-order valence-corrected chi connectivity index (χ1v) is 5.24. The van der Waals surface area contributed by atoms with E-state index in [1.165, 1.54) is 0 Å². The van der Waals surface area contributed by atoms with Crippen LogP contribution in [0.4, 0.5) is 0 Å². The van der Waals surface area contributed by atoms with Crippen LogP contribution in [0.5, 0.6) is 0 Å². The van der Waals surface area contributed by atoms with Gasteiger partial charge in [-0.2, -0.15) is 10.2 Å². The van der Waals surface area contributed by atoms with Crippen molar-refractivity contribution in [2.45, 2.75) is 19.0 Å². The van der Waals surface area contributed by atoms with Gasteiger partial charge in [-0.25, -0.2) is 0 Å². The third-order valence-corrected chi connectivity index (χ3v) is 2.52. The average Bonchev–Trinajstić information content (AvgIpc) is 2.74. The van der Waals surface area contributed by atoms with Crippen molar-refractivity contribution in [3.63, 3.8) is 0 Å². The molecule has 84 valence electrons. The lowest BCUT2D eigenvalue weighted by molar-refractivity contribution is -0.123. The van der Waals surface area contributed by atoms with E-state index in [4.69, 9.17) is 5.73 Å². The number of carbonyl (C=O) groups excluding carboxylic acids is 1. The molecule has 0 spiro atoms. The van der Waals surface area contributed by atoms with Crippen LogP contribution in [-0.4, -0.2) is 22.1 Å². The second-order valence-electron chi connectivity index (χ2n) is 3.82. The van der Waals surface area contributed by atoms with Crippen LogP contribution in [-0.2, 0) is 11.3 Å². The van der Waals surface area contributed by atoms with Crippen LogP contribution in [0.25, 0.3) is 0 Å². The van der Waals surface area contributed by atoms with Gasteiger partial charge in [0.25, 0.3) is 0 Å². The number of hydrogen-bond donors (Lipinski definition) is 2. The summed E-state index contributed by atoms with van der Waals surface area (Å²) in [6.07, 6.45) is 6.01. The molecule has 5 nitrogen and oxygen atoms in total. The van der Waals surface area contributed by atoms with Gasteiger partial charge in [0.2, 0.25) is 5.91 Å². The Balaban J connectivity index is 1.83. The van der Waals surface area contributed by atoms with E-state index >= 15 is 0 Å². The molecule has 0 saturated carbocycles. The maximum Gasteiger partial charge on any atom is 0.227 e. The Bertz CT molecular complexity index is 390. The molecule has 2 atom stereocenters. The minimum absolute atomic E-state index is 0.00477. The van der Waals surface area contributed by atoms with Gasteiger partial charge in [0, 0.05) is 12.2 Å². The molecule has 2 unspecified atom stereocenters. The van der Waals surface area contributed by atoms with Crippen molar-refractivity contribution in [3.05, 3.63) is 36.2 Å². The third kappa shape index (κ3) is 2.64. The third-order valence-electron chi connectivity index (χ3n) is 2.52. The Morgan fingerprint density at radius 2 is 2.44 bits per heavy atom. The fourth-order valence-corrected chi connectivity index (χ4v) is 1.66. The van der Waals surface area contributed by atoms with Gasteiger partial charge in [-0.3, -0.25) is 4.79 Å². The van der Waals surface area contributed by atoms with Crippen molar-refractivity contribution in [2.75, 3.05) is 0 Å². The second-order valence-corrected chi connectivity index (χ2v) is 3.82. The van der Waals surface area contributed by atoms with E-state index in [-0.39, 0.29) is 17.9 Å². The molecule has 1 amide bonds. The first-order chi connectivity index (χ1) is 7.75. The predicted molar refractivity (Wildman–Crippen MR) is 59.1 cm³/mol. The molecule has 1 aromatic heterocycles. The van der Waals surface area contributed by atoms with E-state index in [0.29, 0.717) is 13.0 Å². The molecule has 1 aromatic rings. The number of nitrogens with one attached hydrogen (secondary N) is 1. The highest BCUT2D eigenvalue weighted by molar-refractivity contribution is 5.80. The molecule has 0 aliphatic heterocycles. The van der Waals surface area contributed by atoms with E-state index in [9.17, 15) is 4.79 Å². The summed E-state index contributed by atoms with van der Waals surface area (Å²) in [7, 11) is 0. The van der Waals surface area contributed by atoms with Crippen LogP contribution in [0.2, 0.25) is 0 Å². The Kier molecular flexibility index (Phi) is 3.26. The SMILES string of the molecule is NC1C=CC(C(=O)NCc2cccnn2)C1. The highest BCUT2D eigenvalue weighted by Gasteiger charge is 2.22. The Morgan fingerprint density at radius 3 is 3.06 bits per heavy atom. The average molecular weight is 218 g/mol. The highest BCUT2D eigenvalue weighted by Crippen LogP contribution is 2.16. The molecule has 0 radical (unpaired) electrons. The first-order valence-electron chi connectivity index (χ1n) is 5.24. The van der Waals surface area contributed by atoms with Crippen molar-refractivity contribution in [3.8, 4) is 0 Å². The Hall–Kier alpha value is -1.75. The maximum absolute atomic E-state index is 11.7. The summed E-state index contributed by atoms with van der Waals surface area (Å²) in [6.45, 7) is 0.409. The van der Waals surface area contributed by atoms with Gasteiger partial charge in [0.1, 0.15) is 0 Å². The summed E-state index contributed by atoms with van der Waals surface area (Å²) in [5, 5.41) is 10.4. The van der Waals surface area contributed by atoms with Gasteiger partial charge in [-0.1, -0.05) is 12.2 Å². The van der Waals surface area contributed by atoms with Crippen LogP contribution in [0.3, 0.4) is 0 Å². The summed E-state index contributed by atoms with van der Waals surface area (Å²) < 4.78 is 0. The number of nitrogens with two attached hydrogens (primary N) is 1. The molecule has 0 bridgehead atoms. The number of amides is 1. The van der Waals surface area contributed by atoms with Gasteiger partial charge in [0.15, 0.2) is 0 Å². The molecular formula is C11H14N4O. The zero-order chi connectivity index (χ0) is 11.4. The molecule has 5 heteroatoms. The Morgan fingerprint density at radius 1 is 1.56 bits per heavy atom. The standard InChI is InChI=1S/C11H14N4O/c12-9-4-3-8(6-9)11(16)13-7-10-2-1-5-14-15-10/h1-5,8-9H,6-7,12H2,(H,13,16). The molecule has 1 aliphatic rings. The molecule has 0 saturated heterocycles. The largest absolute Gasteiger partial charge is 0.350 e. The maximum atomic E-state index is 11.7. The quantitative estimate of drug-likeness (QED) is 0.699. The smallest absolute Gasteiger partial charge is 0.227 e. The van der Waals surface area contributed by atoms with Gasteiger partial charge < -0.3 is 11.1 Å². The van der Waals surface area contributed by atoms with Crippen molar-refractivity contribution < 1.29 is 4.79 Å². The van der Waals surface area contributed by atoms with Crippen molar-refractivity contribution in [1.29, 1.82) is 0 Å².